The van der Waals surface area contributed by atoms with E-state index >= 15 is 0 Å². The molecule has 0 unspecified atom stereocenters. The van der Waals surface area contributed by atoms with Gasteiger partial charge in [0.25, 0.3) is 0 Å². The fraction of sp³-hybridized carbons (Fsp3) is 0. The van der Waals surface area contributed by atoms with Gasteiger partial charge < -0.3 is 0 Å². The van der Waals surface area contributed by atoms with Crippen molar-refractivity contribution in [1.82, 2.24) is 18.7 Å². The smallest absolute Gasteiger partial charge is 0.217 e. The Morgan fingerprint density at radius 2 is 2.00 bits per heavy atom. The number of rotatable bonds is 2. The van der Waals surface area contributed by atoms with Gasteiger partial charge in [-0.25, -0.2) is 9.97 Å². The van der Waals surface area contributed by atoms with E-state index in [-0.39, 0.29) is 5.78 Å². The van der Waals surface area contributed by atoms with Crippen molar-refractivity contribution in [3.63, 3.8) is 0 Å². The van der Waals surface area contributed by atoms with Crippen LogP contribution < -0.4 is 0 Å². The number of hydrogen-bond acceptors (Lipinski definition) is 6. The molecule has 0 saturated heterocycles. The van der Waals surface area contributed by atoms with Crippen LogP contribution in [0.2, 0.25) is 0 Å². The molecule has 0 aromatic carbocycles. The summed E-state index contributed by atoms with van der Waals surface area (Å²) >= 11 is 1.00. The summed E-state index contributed by atoms with van der Waals surface area (Å²) in [5.41, 5.74) is 0.759. The number of carbonyl (C=O) groups excluding carboxylic acids is 1. The number of nitrogens with zero attached hydrogens (tertiary/aromatic N) is 4. The van der Waals surface area contributed by atoms with Gasteiger partial charge in [-0.15, -0.1) is 0 Å². The van der Waals surface area contributed by atoms with Crippen molar-refractivity contribution >= 4 is 17.5 Å². The van der Waals surface area contributed by atoms with E-state index in [4.69, 9.17) is 0 Å². The monoisotopic (exact) mass is 192 g/mol. The maximum absolute atomic E-state index is 11.5. The third-order valence-corrected chi connectivity index (χ3v) is 1.89. The highest BCUT2D eigenvalue weighted by Crippen LogP contribution is 2.04. The van der Waals surface area contributed by atoms with E-state index in [1.54, 1.807) is 0 Å². The van der Waals surface area contributed by atoms with E-state index in [1.165, 1.54) is 24.9 Å². The van der Waals surface area contributed by atoms with Gasteiger partial charge in [0.05, 0.1) is 23.5 Å². The molecule has 0 atom stereocenters. The standard InChI is InChI=1S/C7H4N4OS/c12-7(6-3-10-13-11-6)5-1-8-4-9-2-5/h1-4H. The zero-order valence-electron chi connectivity index (χ0n) is 6.41. The molecule has 0 radical (unpaired) electrons. The first kappa shape index (κ1) is 7.93. The van der Waals surface area contributed by atoms with Gasteiger partial charge in [-0.1, -0.05) is 0 Å². The van der Waals surface area contributed by atoms with E-state index in [1.807, 2.05) is 0 Å². The van der Waals surface area contributed by atoms with Crippen molar-refractivity contribution in [2.75, 3.05) is 0 Å². The lowest BCUT2D eigenvalue weighted by Crippen LogP contribution is -2.02. The zero-order valence-corrected chi connectivity index (χ0v) is 7.23. The van der Waals surface area contributed by atoms with E-state index < -0.39 is 0 Å². The van der Waals surface area contributed by atoms with Crippen molar-refractivity contribution in [3.05, 3.63) is 36.2 Å². The van der Waals surface area contributed by atoms with E-state index in [2.05, 4.69) is 18.7 Å². The van der Waals surface area contributed by atoms with Gasteiger partial charge >= 0.3 is 0 Å². The molecule has 0 saturated carbocycles. The topological polar surface area (TPSA) is 68.6 Å². The van der Waals surface area contributed by atoms with Crippen LogP contribution in [0.15, 0.2) is 24.9 Å². The van der Waals surface area contributed by atoms with E-state index in [0.717, 1.165) is 11.7 Å². The molecule has 0 aliphatic heterocycles. The Labute approximate surface area is 77.8 Å². The lowest BCUT2D eigenvalue weighted by molar-refractivity contribution is 0.103. The van der Waals surface area contributed by atoms with Crippen molar-refractivity contribution in [1.29, 1.82) is 0 Å². The molecule has 0 amide bonds. The predicted molar refractivity (Wildman–Crippen MR) is 45.4 cm³/mol. The first-order chi connectivity index (χ1) is 6.38. The Morgan fingerprint density at radius 1 is 1.23 bits per heavy atom. The molecule has 2 aromatic rings. The summed E-state index contributed by atoms with van der Waals surface area (Å²) < 4.78 is 7.56. The second kappa shape index (κ2) is 3.36. The minimum Gasteiger partial charge on any atom is -0.287 e. The highest BCUT2D eigenvalue weighted by molar-refractivity contribution is 6.99. The molecule has 2 aromatic heterocycles. The molecule has 0 bridgehead atoms. The molecule has 0 aliphatic carbocycles. The lowest BCUT2D eigenvalue weighted by atomic mass is 10.2. The normalized spacial score (nSPS) is 9.85. The van der Waals surface area contributed by atoms with E-state index in [9.17, 15) is 4.79 Å². The van der Waals surface area contributed by atoms with Crippen LogP contribution in [0.5, 0.6) is 0 Å². The summed E-state index contributed by atoms with van der Waals surface area (Å²) in [5, 5.41) is 0. The molecule has 2 rings (SSSR count). The molecule has 2 heterocycles. The summed E-state index contributed by atoms with van der Waals surface area (Å²) in [6.07, 6.45) is 5.71. The largest absolute Gasteiger partial charge is 0.287 e. The highest BCUT2D eigenvalue weighted by atomic mass is 32.1. The lowest BCUT2D eigenvalue weighted by Gasteiger charge is -1.92. The first-order valence-corrected chi connectivity index (χ1v) is 4.18. The van der Waals surface area contributed by atoms with Gasteiger partial charge in [-0.3, -0.25) is 4.79 Å². The van der Waals surface area contributed by atoms with Crippen molar-refractivity contribution in [2.45, 2.75) is 0 Å². The zero-order chi connectivity index (χ0) is 9.10. The van der Waals surface area contributed by atoms with Crippen LogP contribution in [0.25, 0.3) is 0 Å². The van der Waals surface area contributed by atoms with Crippen LogP contribution in [-0.4, -0.2) is 24.5 Å². The maximum atomic E-state index is 11.5. The Morgan fingerprint density at radius 3 is 2.62 bits per heavy atom. The number of ketones is 1. The average molecular weight is 192 g/mol. The Hall–Kier alpha value is -1.69. The first-order valence-electron chi connectivity index (χ1n) is 3.45. The Kier molecular flexibility index (Phi) is 2.05. The average Bonchev–Trinajstić information content (AvgIpc) is 2.71. The fourth-order valence-corrected chi connectivity index (χ4v) is 1.24. The third kappa shape index (κ3) is 1.57. The molecule has 6 heteroatoms. The minimum atomic E-state index is -0.200. The number of aromatic nitrogens is 4. The number of hydrogen-bond donors (Lipinski definition) is 0. The van der Waals surface area contributed by atoms with Gasteiger partial charge in [-0.05, 0) is 0 Å². The summed E-state index contributed by atoms with van der Waals surface area (Å²) in [6, 6.07) is 0. The second-order valence-corrected chi connectivity index (χ2v) is 2.81. The van der Waals surface area contributed by atoms with Gasteiger partial charge in [0.2, 0.25) is 5.78 Å². The minimum absolute atomic E-state index is 0.200. The van der Waals surface area contributed by atoms with Crippen molar-refractivity contribution in [2.24, 2.45) is 0 Å². The molecule has 0 fully saturated rings. The van der Waals surface area contributed by atoms with Gasteiger partial charge in [0.15, 0.2) is 0 Å². The quantitative estimate of drug-likeness (QED) is 0.650. The molecule has 13 heavy (non-hydrogen) atoms. The Balaban J connectivity index is 2.34. The van der Waals surface area contributed by atoms with Gasteiger partial charge in [0.1, 0.15) is 12.0 Å². The van der Waals surface area contributed by atoms with E-state index in [0.29, 0.717) is 11.3 Å². The Bertz CT molecular complexity index is 400. The maximum Gasteiger partial charge on any atom is 0.217 e. The number of carbonyl (C=O) groups is 1. The van der Waals surface area contributed by atoms with Crippen LogP contribution >= 0.6 is 11.7 Å². The van der Waals surface area contributed by atoms with Crippen molar-refractivity contribution in [3.8, 4) is 0 Å². The second-order valence-electron chi connectivity index (χ2n) is 2.25. The molecule has 64 valence electrons. The molecular formula is C7H4N4OS. The van der Waals surface area contributed by atoms with Crippen LogP contribution in [0, 0.1) is 0 Å². The molecule has 0 spiro atoms. The van der Waals surface area contributed by atoms with Gasteiger partial charge in [-0.2, -0.15) is 8.75 Å². The summed E-state index contributed by atoms with van der Waals surface area (Å²) in [6.45, 7) is 0. The predicted octanol–water partition coefficient (Wildman–Crippen LogP) is 0.559. The molecule has 0 aliphatic rings. The SMILES string of the molecule is O=C(c1cncnc1)c1cnsn1. The molecule has 0 N–H and O–H groups in total. The van der Waals surface area contributed by atoms with Crippen LogP contribution in [0.1, 0.15) is 16.1 Å². The summed E-state index contributed by atoms with van der Waals surface area (Å²) in [7, 11) is 0. The van der Waals surface area contributed by atoms with Crippen LogP contribution in [0.4, 0.5) is 0 Å². The summed E-state index contributed by atoms with van der Waals surface area (Å²) in [4.78, 5) is 19.0. The molecular weight excluding hydrogens is 188 g/mol. The van der Waals surface area contributed by atoms with Crippen LogP contribution in [0.3, 0.4) is 0 Å². The van der Waals surface area contributed by atoms with Crippen LogP contribution in [-0.2, 0) is 0 Å². The molecule has 5 nitrogen and oxygen atoms in total. The summed E-state index contributed by atoms with van der Waals surface area (Å²) in [5.74, 6) is -0.200. The highest BCUT2D eigenvalue weighted by Gasteiger charge is 2.11. The fourth-order valence-electron chi connectivity index (χ4n) is 0.829. The van der Waals surface area contributed by atoms with Crippen molar-refractivity contribution < 1.29 is 4.79 Å². The third-order valence-electron chi connectivity index (χ3n) is 1.42. The van der Waals surface area contributed by atoms with Gasteiger partial charge in [0, 0.05) is 12.4 Å².